The quantitative estimate of drug-likeness (QED) is 0.404. The molecule has 10 nitrogen and oxygen atoms in total. The minimum absolute atomic E-state index is 0.227. The van der Waals surface area contributed by atoms with Gasteiger partial charge in [0, 0.05) is 24.4 Å². The summed E-state index contributed by atoms with van der Waals surface area (Å²) in [4.78, 5) is 22.2. The van der Waals surface area contributed by atoms with Crippen molar-refractivity contribution in [1.82, 2.24) is 15.2 Å². The van der Waals surface area contributed by atoms with Crippen LogP contribution in [-0.2, 0) is 7.05 Å². The molecule has 0 atom stereocenters. The standard InChI is InChI=1S/C17H15N5O5/c1-21-10-12(16(20-21)14-7-8-15(27-14)22(24)25)9-18-19-17(23)11-3-5-13(26-2)6-4-11/h3-10H,1-2H3,(H,19,23). The van der Waals surface area contributed by atoms with Gasteiger partial charge in [0.25, 0.3) is 5.91 Å². The second-order valence-corrected chi connectivity index (χ2v) is 5.43. The van der Waals surface area contributed by atoms with E-state index in [1.165, 1.54) is 23.0 Å². The molecule has 3 rings (SSSR count). The van der Waals surface area contributed by atoms with Crippen LogP contribution in [0.15, 0.2) is 52.1 Å². The summed E-state index contributed by atoms with van der Waals surface area (Å²) in [7, 11) is 3.23. The Morgan fingerprint density at radius 2 is 2.07 bits per heavy atom. The zero-order valence-electron chi connectivity index (χ0n) is 14.4. The number of rotatable bonds is 6. The Bertz CT molecular complexity index is 1000. The fourth-order valence-electron chi connectivity index (χ4n) is 2.31. The van der Waals surface area contributed by atoms with Crippen LogP contribution in [0.1, 0.15) is 15.9 Å². The molecule has 0 unspecified atom stereocenters. The topological polar surface area (TPSA) is 125 Å². The van der Waals surface area contributed by atoms with E-state index >= 15 is 0 Å². The minimum atomic E-state index is -0.630. The lowest BCUT2D eigenvalue weighted by atomic mass is 10.2. The predicted octanol–water partition coefficient (Wildman–Crippen LogP) is 2.36. The third-order valence-electron chi connectivity index (χ3n) is 3.58. The van der Waals surface area contributed by atoms with Gasteiger partial charge in [-0.1, -0.05) is 0 Å². The number of furan rings is 1. The van der Waals surface area contributed by atoms with Gasteiger partial charge in [-0.3, -0.25) is 19.6 Å². The minimum Gasteiger partial charge on any atom is -0.497 e. The molecular formula is C17H15N5O5. The number of benzene rings is 1. The zero-order chi connectivity index (χ0) is 19.4. The van der Waals surface area contributed by atoms with Crippen molar-refractivity contribution in [2.24, 2.45) is 12.1 Å². The van der Waals surface area contributed by atoms with Gasteiger partial charge in [0.2, 0.25) is 0 Å². The Balaban J connectivity index is 1.75. The van der Waals surface area contributed by atoms with E-state index in [4.69, 9.17) is 9.15 Å². The van der Waals surface area contributed by atoms with Gasteiger partial charge < -0.3 is 9.15 Å². The fraction of sp³-hybridized carbons (Fsp3) is 0.118. The van der Waals surface area contributed by atoms with Gasteiger partial charge in [-0.2, -0.15) is 10.2 Å². The van der Waals surface area contributed by atoms with Crippen LogP contribution in [0, 0.1) is 10.1 Å². The van der Waals surface area contributed by atoms with E-state index in [0.29, 0.717) is 22.6 Å². The molecule has 0 saturated heterocycles. The van der Waals surface area contributed by atoms with Crippen molar-refractivity contribution in [3.05, 3.63) is 63.8 Å². The number of hydrogen-bond acceptors (Lipinski definition) is 7. The smallest absolute Gasteiger partial charge is 0.433 e. The maximum atomic E-state index is 12.1. The maximum Gasteiger partial charge on any atom is 0.433 e. The third kappa shape index (κ3) is 4.00. The lowest BCUT2D eigenvalue weighted by molar-refractivity contribution is -0.401. The highest BCUT2D eigenvalue weighted by molar-refractivity contribution is 5.95. The van der Waals surface area contributed by atoms with Crippen LogP contribution >= 0.6 is 0 Å². The number of hydrazone groups is 1. The van der Waals surface area contributed by atoms with Gasteiger partial charge >= 0.3 is 5.88 Å². The summed E-state index contributed by atoms with van der Waals surface area (Å²) in [5, 5.41) is 18.9. The Labute approximate surface area is 153 Å². The van der Waals surface area contributed by atoms with Gasteiger partial charge in [0.1, 0.15) is 16.4 Å². The molecule has 2 heterocycles. The van der Waals surface area contributed by atoms with E-state index in [1.807, 2.05) is 0 Å². The first-order valence-electron chi connectivity index (χ1n) is 7.73. The number of aryl methyl sites for hydroxylation is 1. The zero-order valence-corrected chi connectivity index (χ0v) is 14.4. The van der Waals surface area contributed by atoms with E-state index in [0.717, 1.165) is 0 Å². The molecular weight excluding hydrogens is 354 g/mol. The molecule has 27 heavy (non-hydrogen) atoms. The van der Waals surface area contributed by atoms with Crippen molar-refractivity contribution >= 4 is 18.0 Å². The molecule has 3 aromatic rings. The number of nitrogens with one attached hydrogen (secondary N) is 1. The van der Waals surface area contributed by atoms with Gasteiger partial charge in [0.15, 0.2) is 5.76 Å². The molecule has 1 amide bonds. The van der Waals surface area contributed by atoms with E-state index in [2.05, 4.69) is 15.6 Å². The van der Waals surface area contributed by atoms with Gasteiger partial charge in [-0.15, -0.1) is 0 Å². The molecule has 0 saturated carbocycles. The molecule has 0 aliphatic rings. The molecule has 0 radical (unpaired) electrons. The summed E-state index contributed by atoms with van der Waals surface area (Å²) in [6, 6.07) is 9.26. The van der Waals surface area contributed by atoms with Gasteiger partial charge in [0.05, 0.1) is 19.4 Å². The van der Waals surface area contributed by atoms with Crippen LogP contribution in [0.5, 0.6) is 5.75 Å². The summed E-state index contributed by atoms with van der Waals surface area (Å²) < 4.78 is 11.7. The molecule has 1 aromatic carbocycles. The van der Waals surface area contributed by atoms with Crippen molar-refractivity contribution in [3.8, 4) is 17.2 Å². The molecule has 0 spiro atoms. The highest BCUT2D eigenvalue weighted by Crippen LogP contribution is 2.26. The van der Waals surface area contributed by atoms with E-state index in [9.17, 15) is 14.9 Å². The van der Waals surface area contributed by atoms with Crippen molar-refractivity contribution in [3.63, 3.8) is 0 Å². The first-order valence-corrected chi connectivity index (χ1v) is 7.73. The van der Waals surface area contributed by atoms with Crippen molar-refractivity contribution in [2.45, 2.75) is 0 Å². The van der Waals surface area contributed by atoms with Crippen LogP contribution in [0.3, 0.4) is 0 Å². The second-order valence-electron chi connectivity index (χ2n) is 5.43. The average molecular weight is 369 g/mol. The van der Waals surface area contributed by atoms with Crippen molar-refractivity contribution < 1.29 is 18.9 Å². The second kappa shape index (κ2) is 7.52. The molecule has 0 fully saturated rings. The number of aromatic nitrogens is 2. The van der Waals surface area contributed by atoms with Crippen LogP contribution in [0.25, 0.3) is 11.5 Å². The number of nitro groups is 1. The molecule has 1 N–H and O–H groups in total. The van der Waals surface area contributed by atoms with E-state index < -0.39 is 10.8 Å². The third-order valence-corrected chi connectivity index (χ3v) is 3.58. The fourth-order valence-corrected chi connectivity index (χ4v) is 2.31. The summed E-state index contributed by atoms with van der Waals surface area (Å²) >= 11 is 0. The summed E-state index contributed by atoms with van der Waals surface area (Å²) in [6.45, 7) is 0. The lowest BCUT2D eigenvalue weighted by Gasteiger charge is -2.02. The van der Waals surface area contributed by atoms with E-state index in [1.54, 1.807) is 44.6 Å². The van der Waals surface area contributed by atoms with Crippen LogP contribution in [-0.4, -0.2) is 33.9 Å². The number of ether oxygens (including phenoxy) is 1. The van der Waals surface area contributed by atoms with Crippen LogP contribution in [0.2, 0.25) is 0 Å². The number of carbonyl (C=O) groups excluding carboxylic acids is 1. The number of carbonyl (C=O) groups is 1. The molecule has 0 aliphatic heterocycles. The van der Waals surface area contributed by atoms with Crippen LogP contribution in [0.4, 0.5) is 5.88 Å². The number of nitrogens with zero attached hydrogens (tertiary/aromatic N) is 4. The van der Waals surface area contributed by atoms with Gasteiger partial charge in [-0.25, -0.2) is 5.43 Å². The Hall–Kier alpha value is -3.95. The van der Waals surface area contributed by atoms with Crippen LogP contribution < -0.4 is 10.2 Å². The monoisotopic (exact) mass is 369 g/mol. The SMILES string of the molecule is COc1ccc(C(=O)NN=Cc2cn(C)nc2-c2ccc([N+](=O)[O-])o2)cc1. The van der Waals surface area contributed by atoms with Crippen molar-refractivity contribution in [2.75, 3.05) is 7.11 Å². The molecule has 10 heteroatoms. The first-order chi connectivity index (χ1) is 13.0. The van der Waals surface area contributed by atoms with Gasteiger partial charge in [-0.05, 0) is 30.3 Å². The predicted molar refractivity (Wildman–Crippen MR) is 95.6 cm³/mol. The highest BCUT2D eigenvalue weighted by Gasteiger charge is 2.17. The Morgan fingerprint density at radius 3 is 2.70 bits per heavy atom. The maximum absolute atomic E-state index is 12.1. The normalized spacial score (nSPS) is 10.9. The van der Waals surface area contributed by atoms with Crippen molar-refractivity contribution in [1.29, 1.82) is 0 Å². The number of methoxy groups -OCH3 is 1. The number of amides is 1. The Kier molecular flexibility index (Phi) is 4.97. The Morgan fingerprint density at radius 1 is 1.33 bits per heavy atom. The molecule has 2 aromatic heterocycles. The summed E-state index contributed by atoms with van der Waals surface area (Å²) in [5.74, 6) is 0.0900. The summed E-state index contributed by atoms with van der Waals surface area (Å²) in [5.41, 5.74) is 3.72. The highest BCUT2D eigenvalue weighted by atomic mass is 16.6. The molecule has 0 aliphatic carbocycles. The average Bonchev–Trinajstić information content (AvgIpc) is 3.28. The molecule has 0 bridgehead atoms. The largest absolute Gasteiger partial charge is 0.497 e. The molecule has 138 valence electrons. The number of hydrogen-bond donors (Lipinski definition) is 1. The first kappa shape index (κ1) is 17.9. The van der Waals surface area contributed by atoms with E-state index in [-0.39, 0.29) is 11.6 Å². The lowest BCUT2D eigenvalue weighted by Crippen LogP contribution is -2.17. The summed E-state index contributed by atoms with van der Waals surface area (Å²) in [6.07, 6.45) is 3.03.